The number of sulfonamides is 1. The number of nitrogens with one attached hydrogen (secondary N) is 1. The highest BCUT2D eigenvalue weighted by Gasteiger charge is 2.10. The quantitative estimate of drug-likeness (QED) is 0.427. The maximum atomic E-state index is 11.3. The lowest BCUT2D eigenvalue weighted by atomic mass is 10.2. The van der Waals surface area contributed by atoms with E-state index in [4.69, 9.17) is 44.4 Å². The first-order valence-corrected chi connectivity index (χ1v) is 10.1. The maximum Gasteiger partial charge on any atom is 0.238 e. The SMILES string of the molecule is NS(=O)(=O)c1ccc(-c2ccc(C=NNc3c(Cl)cc(Cl)cc3Cl)o2)cc1. The summed E-state index contributed by atoms with van der Waals surface area (Å²) < 4.78 is 28.2. The van der Waals surface area contributed by atoms with Crippen molar-refractivity contribution >= 4 is 56.7 Å². The largest absolute Gasteiger partial charge is 0.455 e. The third-order valence-corrected chi connectivity index (χ3v) is 5.21. The van der Waals surface area contributed by atoms with Crippen LogP contribution in [0.2, 0.25) is 15.1 Å². The Labute approximate surface area is 170 Å². The average Bonchev–Trinajstić information content (AvgIpc) is 3.05. The van der Waals surface area contributed by atoms with E-state index in [2.05, 4.69) is 10.5 Å². The van der Waals surface area contributed by atoms with E-state index in [1.165, 1.54) is 18.3 Å². The molecule has 10 heteroatoms. The Morgan fingerprint density at radius 2 is 1.63 bits per heavy atom. The first kappa shape index (κ1) is 19.7. The van der Waals surface area contributed by atoms with Crippen molar-refractivity contribution in [2.45, 2.75) is 4.90 Å². The molecule has 0 fully saturated rings. The zero-order valence-electron chi connectivity index (χ0n) is 13.5. The van der Waals surface area contributed by atoms with Crippen molar-refractivity contribution in [2.75, 3.05) is 5.43 Å². The van der Waals surface area contributed by atoms with E-state index in [0.29, 0.717) is 37.8 Å². The Morgan fingerprint density at radius 1 is 1.00 bits per heavy atom. The second kappa shape index (κ2) is 7.92. The molecule has 140 valence electrons. The van der Waals surface area contributed by atoms with Crippen LogP contribution in [-0.2, 0) is 10.0 Å². The molecule has 6 nitrogen and oxygen atoms in total. The van der Waals surface area contributed by atoms with Gasteiger partial charge in [-0.25, -0.2) is 13.6 Å². The minimum Gasteiger partial charge on any atom is -0.455 e. The molecule has 0 aliphatic carbocycles. The van der Waals surface area contributed by atoms with Gasteiger partial charge in [0.15, 0.2) is 0 Å². The standard InChI is InChI=1S/C17H12Cl3N3O3S/c18-11-7-14(19)17(15(20)8-11)23-22-9-12-3-6-16(26-12)10-1-4-13(5-2-10)27(21,24)25/h1-9,23H,(H2,21,24,25). The molecule has 0 radical (unpaired) electrons. The third kappa shape index (κ3) is 4.82. The molecule has 0 atom stereocenters. The fourth-order valence-electron chi connectivity index (χ4n) is 2.20. The lowest BCUT2D eigenvalue weighted by Crippen LogP contribution is -2.11. The summed E-state index contributed by atoms with van der Waals surface area (Å²) in [5.74, 6) is 1.01. The third-order valence-electron chi connectivity index (χ3n) is 3.47. The van der Waals surface area contributed by atoms with Crippen molar-refractivity contribution in [2.24, 2.45) is 10.2 Å². The van der Waals surface area contributed by atoms with Gasteiger partial charge in [0.25, 0.3) is 0 Å². The van der Waals surface area contributed by atoms with Crippen molar-refractivity contribution in [3.8, 4) is 11.3 Å². The van der Waals surface area contributed by atoms with Gasteiger partial charge in [0, 0.05) is 10.6 Å². The molecule has 0 bridgehead atoms. The molecule has 0 amide bonds. The number of nitrogens with two attached hydrogens (primary N) is 1. The monoisotopic (exact) mass is 443 g/mol. The van der Waals surface area contributed by atoms with Crippen LogP contribution in [0.5, 0.6) is 0 Å². The van der Waals surface area contributed by atoms with Gasteiger partial charge < -0.3 is 4.42 Å². The summed E-state index contributed by atoms with van der Waals surface area (Å²) in [4.78, 5) is 0.0283. The molecule has 3 rings (SSSR count). The second-order valence-electron chi connectivity index (χ2n) is 5.39. The lowest BCUT2D eigenvalue weighted by molar-refractivity contribution is 0.575. The molecular weight excluding hydrogens is 433 g/mol. The van der Waals surface area contributed by atoms with Crippen molar-refractivity contribution < 1.29 is 12.8 Å². The van der Waals surface area contributed by atoms with Gasteiger partial charge in [0.05, 0.1) is 26.8 Å². The van der Waals surface area contributed by atoms with Crippen molar-refractivity contribution in [3.63, 3.8) is 0 Å². The van der Waals surface area contributed by atoms with Crippen molar-refractivity contribution in [1.29, 1.82) is 0 Å². The van der Waals surface area contributed by atoms with E-state index in [-0.39, 0.29) is 4.90 Å². The van der Waals surface area contributed by atoms with E-state index in [1.54, 1.807) is 36.4 Å². The molecule has 3 aromatic rings. The number of anilines is 1. The van der Waals surface area contributed by atoms with E-state index in [0.717, 1.165) is 0 Å². The summed E-state index contributed by atoms with van der Waals surface area (Å²) >= 11 is 18.0. The number of rotatable bonds is 5. The number of halogens is 3. The van der Waals surface area contributed by atoms with Gasteiger partial charge in [-0.05, 0) is 48.5 Å². The summed E-state index contributed by atoms with van der Waals surface area (Å²) in [5.41, 5.74) is 3.85. The van der Waals surface area contributed by atoms with Crippen LogP contribution in [0.15, 0.2) is 62.9 Å². The van der Waals surface area contributed by atoms with Crippen molar-refractivity contribution in [1.82, 2.24) is 0 Å². The van der Waals surface area contributed by atoms with Crippen LogP contribution < -0.4 is 10.6 Å². The van der Waals surface area contributed by atoms with Crippen LogP contribution in [0.25, 0.3) is 11.3 Å². The minimum atomic E-state index is -3.73. The number of hydrogen-bond donors (Lipinski definition) is 2. The van der Waals surface area contributed by atoms with Gasteiger partial charge in [-0.1, -0.05) is 34.8 Å². The van der Waals surface area contributed by atoms with Gasteiger partial charge in [-0.3, -0.25) is 5.43 Å². The minimum absolute atomic E-state index is 0.0283. The predicted molar refractivity (Wildman–Crippen MR) is 108 cm³/mol. The van der Waals surface area contributed by atoms with Gasteiger partial charge in [0.1, 0.15) is 11.5 Å². The van der Waals surface area contributed by atoms with Gasteiger partial charge in [0.2, 0.25) is 10.0 Å². The Kier molecular flexibility index (Phi) is 5.78. The van der Waals surface area contributed by atoms with Crippen molar-refractivity contribution in [3.05, 3.63) is 69.4 Å². The van der Waals surface area contributed by atoms with Gasteiger partial charge in [-0.15, -0.1) is 0 Å². The molecular formula is C17H12Cl3N3O3S. The molecule has 0 saturated heterocycles. The molecule has 1 heterocycles. The molecule has 0 spiro atoms. The summed E-state index contributed by atoms with van der Waals surface area (Å²) in [5, 5.41) is 10.2. The summed E-state index contributed by atoms with van der Waals surface area (Å²) in [6.45, 7) is 0. The first-order chi connectivity index (χ1) is 12.7. The fourth-order valence-corrected chi connectivity index (χ4v) is 3.61. The van der Waals surface area contributed by atoms with Crippen LogP contribution >= 0.6 is 34.8 Å². The predicted octanol–water partition coefficient (Wildman–Crippen LogP) is 5.00. The molecule has 0 aliphatic heterocycles. The second-order valence-corrected chi connectivity index (χ2v) is 8.20. The number of nitrogens with zero attached hydrogens (tertiary/aromatic N) is 1. The highest BCUT2D eigenvalue weighted by atomic mass is 35.5. The topological polar surface area (TPSA) is 97.7 Å². The van der Waals surface area contributed by atoms with Crippen LogP contribution in [-0.4, -0.2) is 14.6 Å². The number of furan rings is 1. The van der Waals surface area contributed by atoms with E-state index >= 15 is 0 Å². The highest BCUT2D eigenvalue weighted by Crippen LogP contribution is 2.33. The van der Waals surface area contributed by atoms with Crippen LogP contribution in [0.3, 0.4) is 0 Å². The molecule has 1 aromatic heterocycles. The van der Waals surface area contributed by atoms with E-state index in [1.807, 2.05) is 0 Å². The summed E-state index contributed by atoms with van der Waals surface area (Å²) in [6.07, 6.45) is 1.45. The maximum absolute atomic E-state index is 11.3. The number of primary sulfonamides is 1. The number of hydrogen-bond acceptors (Lipinski definition) is 5. The number of benzene rings is 2. The molecule has 3 N–H and O–H groups in total. The Morgan fingerprint density at radius 3 is 2.22 bits per heavy atom. The number of hydrazone groups is 1. The lowest BCUT2D eigenvalue weighted by Gasteiger charge is -2.06. The smallest absolute Gasteiger partial charge is 0.238 e. The fraction of sp³-hybridized carbons (Fsp3) is 0. The van der Waals surface area contributed by atoms with Crippen LogP contribution in [0, 0.1) is 0 Å². The normalized spacial score (nSPS) is 11.9. The zero-order chi connectivity index (χ0) is 19.6. The zero-order valence-corrected chi connectivity index (χ0v) is 16.6. The Hall–Kier alpha value is -2.03. The molecule has 0 aliphatic rings. The van der Waals surface area contributed by atoms with E-state index < -0.39 is 10.0 Å². The summed E-state index contributed by atoms with van der Waals surface area (Å²) in [6, 6.07) is 12.6. The van der Waals surface area contributed by atoms with Crippen LogP contribution in [0.4, 0.5) is 5.69 Å². The van der Waals surface area contributed by atoms with E-state index in [9.17, 15) is 8.42 Å². The average molecular weight is 445 g/mol. The molecule has 0 saturated carbocycles. The molecule has 27 heavy (non-hydrogen) atoms. The van der Waals surface area contributed by atoms with Crippen LogP contribution in [0.1, 0.15) is 5.76 Å². The highest BCUT2D eigenvalue weighted by molar-refractivity contribution is 7.89. The summed E-state index contributed by atoms with van der Waals surface area (Å²) in [7, 11) is -3.73. The molecule has 2 aromatic carbocycles. The van der Waals surface area contributed by atoms with Gasteiger partial charge >= 0.3 is 0 Å². The molecule has 0 unspecified atom stereocenters. The Bertz CT molecular complexity index is 1090. The first-order valence-electron chi connectivity index (χ1n) is 7.41. The van der Waals surface area contributed by atoms with Gasteiger partial charge in [-0.2, -0.15) is 5.10 Å². The Balaban J connectivity index is 1.74.